The molecule has 0 aromatic carbocycles. The van der Waals surface area contributed by atoms with Gasteiger partial charge >= 0.3 is 0 Å². The van der Waals surface area contributed by atoms with Gasteiger partial charge in [-0.05, 0) is 46.2 Å². The van der Waals surface area contributed by atoms with Gasteiger partial charge in [0.1, 0.15) is 0 Å². The van der Waals surface area contributed by atoms with Gasteiger partial charge in [-0.2, -0.15) is 4.98 Å². The number of nitrogens with zero attached hydrogens (tertiary/aromatic N) is 5. The van der Waals surface area contributed by atoms with Crippen LogP contribution in [0.1, 0.15) is 33.1 Å². The first-order chi connectivity index (χ1) is 12.6. The summed E-state index contributed by atoms with van der Waals surface area (Å²) in [7, 11) is 1.63. The Bertz CT molecular complexity index is 563. The quantitative estimate of drug-likeness (QED) is 0.815. The molecule has 7 nitrogen and oxygen atoms in total. The van der Waals surface area contributed by atoms with E-state index in [0.717, 1.165) is 32.0 Å². The highest BCUT2D eigenvalue weighted by molar-refractivity contribution is 5.33. The number of aliphatic hydroxyl groups excluding tert-OH is 1. The summed E-state index contributed by atoms with van der Waals surface area (Å²) >= 11 is 0. The zero-order valence-corrected chi connectivity index (χ0v) is 16.3. The predicted molar refractivity (Wildman–Crippen MR) is 103 cm³/mol. The summed E-state index contributed by atoms with van der Waals surface area (Å²) in [5, 5.41) is 9.58. The van der Waals surface area contributed by atoms with Crippen LogP contribution in [0.3, 0.4) is 0 Å². The van der Waals surface area contributed by atoms with Crippen LogP contribution in [0.5, 0.6) is 5.88 Å². The van der Waals surface area contributed by atoms with Crippen molar-refractivity contribution in [1.82, 2.24) is 19.8 Å². The monoisotopic (exact) mass is 363 g/mol. The van der Waals surface area contributed by atoms with Crippen molar-refractivity contribution in [2.75, 3.05) is 51.3 Å². The van der Waals surface area contributed by atoms with Gasteiger partial charge in [0, 0.05) is 56.6 Å². The van der Waals surface area contributed by atoms with Gasteiger partial charge in [-0.1, -0.05) is 0 Å². The minimum absolute atomic E-state index is 0.221. The van der Waals surface area contributed by atoms with Crippen molar-refractivity contribution in [3.8, 4) is 5.88 Å². The van der Waals surface area contributed by atoms with Gasteiger partial charge in [0.2, 0.25) is 11.8 Å². The van der Waals surface area contributed by atoms with Crippen molar-refractivity contribution in [1.29, 1.82) is 0 Å². The Hall–Kier alpha value is -1.44. The first kappa shape index (κ1) is 19.3. The molecule has 1 aromatic rings. The number of hydrogen-bond donors (Lipinski definition) is 1. The zero-order chi connectivity index (χ0) is 18.5. The Morgan fingerprint density at radius 3 is 2.65 bits per heavy atom. The second kappa shape index (κ2) is 8.97. The maximum absolute atomic E-state index is 9.58. The number of aromatic nitrogens is 2. The number of aliphatic hydroxyl groups is 1. The SMILES string of the molecule is COc1ccnc(N2CCN(C3CCN(C(C)C)CC3)C(CCO)C2)n1. The molecule has 0 saturated carbocycles. The van der Waals surface area contributed by atoms with Gasteiger partial charge in [0.05, 0.1) is 7.11 Å². The lowest BCUT2D eigenvalue weighted by Crippen LogP contribution is -2.59. The summed E-state index contributed by atoms with van der Waals surface area (Å²) in [6.07, 6.45) is 4.98. The van der Waals surface area contributed by atoms with Crippen LogP contribution in [-0.2, 0) is 0 Å². The lowest BCUT2D eigenvalue weighted by atomic mass is 9.97. The highest BCUT2D eigenvalue weighted by Gasteiger charge is 2.34. The second-order valence-electron chi connectivity index (χ2n) is 7.61. The molecule has 7 heteroatoms. The van der Waals surface area contributed by atoms with Crippen molar-refractivity contribution in [3.63, 3.8) is 0 Å². The summed E-state index contributed by atoms with van der Waals surface area (Å²) in [5.74, 6) is 1.32. The van der Waals surface area contributed by atoms with E-state index in [2.05, 4.69) is 38.5 Å². The molecule has 0 bridgehead atoms. The van der Waals surface area contributed by atoms with E-state index < -0.39 is 0 Å². The number of piperazine rings is 1. The molecule has 26 heavy (non-hydrogen) atoms. The van der Waals surface area contributed by atoms with E-state index in [1.54, 1.807) is 19.4 Å². The third kappa shape index (κ3) is 4.45. The van der Waals surface area contributed by atoms with Gasteiger partial charge in [-0.25, -0.2) is 4.98 Å². The summed E-state index contributed by atoms with van der Waals surface area (Å²) < 4.78 is 5.23. The molecule has 1 N–H and O–H groups in total. The number of anilines is 1. The van der Waals surface area contributed by atoms with Crippen molar-refractivity contribution in [3.05, 3.63) is 12.3 Å². The third-order valence-corrected chi connectivity index (χ3v) is 5.80. The summed E-state index contributed by atoms with van der Waals surface area (Å²) in [6.45, 7) is 9.90. The number of hydrogen-bond acceptors (Lipinski definition) is 7. The molecule has 0 aliphatic carbocycles. The fraction of sp³-hybridized carbons (Fsp3) is 0.789. The number of likely N-dealkylation sites (tertiary alicyclic amines) is 1. The Labute approximate surface area is 157 Å². The fourth-order valence-corrected chi connectivity index (χ4v) is 4.27. The van der Waals surface area contributed by atoms with E-state index in [-0.39, 0.29) is 6.61 Å². The lowest BCUT2D eigenvalue weighted by molar-refractivity contribution is 0.0461. The van der Waals surface area contributed by atoms with Crippen molar-refractivity contribution < 1.29 is 9.84 Å². The van der Waals surface area contributed by atoms with E-state index in [4.69, 9.17) is 4.74 Å². The fourth-order valence-electron chi connectivity index (χ4n) is 4.27. The van der Waals surface area contributed by atoms with Crippen LogP contribution in [0.15, 0.2) is 12.3 Å². The molecule has 2 saturated heterocycles. The van der Waals surface area contributed by atoms with Gasteiger partial charge < -0.3 is 19.6 Å². The molecule has 0 amide bonds. The largest absolute Gasteiger partial charge is 0.481 e. The minimum Gasteiger partial charge on any atom is -0.481 e. The van der Waals surface area contributed by atoms with Crippen LogP contribution in [0.4, 0.5) is 5.95 Å². The van der Waals surface area contributed by atoms with E-state index in [0.29, 0.717) is 24.0 Å². The van der Waals surface area contributed by atoms with E-state index in [1.807, 2.05) is 0 Å². The van der Waals surface area contributed by atoms with Crippen LogP contribution in [0.2, 0.25) is 0 Å². The molecule has 2 aliphatic rings. The number of piperidine rings is 1. The first-order valence-electron chi connectivity index (χ1n) is 9.85. The molecule has 1 unspecified atom stereocenters. The molecule has 1 aromatic heterocycles. The van der Waals surface area contributed by atoms with Crippen LogP contribution < -0.4 is 9.64 Å². The summed E-state index contributed by atoms with van der Waals surface area (Å²) in [4.78, 5) is 16.3. The predicted octanol–water partition coefficient (Wildman–Crippen LogP) is 1.23. The highest BCUT2D eigenvalue weighted by atomic mass is 16.5. The zero-order valence-electron chi connectivity index (χ0n) is 16.3. The average molecular weight is 364 g/mol. The van der Waals surface area contributed by atoms with Crippen molar-refractivity contribution in [2.45, 2.75) is 51.2 Å². The smallest absolute Gasteiger partial charge is 0.228 e. The molecule has 3 heterocycles. The molecule has 3 rings (SSSR count). The Morgan fingerprint density at radius 1 is 1.23 bits per heavy atom. The summed E-state index contributed by atoms with van der Waals surface area (Å²) in [6, 6.07) is 3.37. The number of ether oxygens (including phenoxy) is 1. The van der Waals surface area contributed by atoms with Crippen LogP contribution in [0.25, 0.3) is 0 Å². The second-order valence-corrected chi connectivity index (χ2v) is 7.61. The maximum Gasteiger partial charge on any atom is 0.228 e. The first-order valence-corrected chi connectivity index (χ1v) is 9.85. The lowest BCUT2D eigenvalue weighted by Gasteiger charge is -2.48. The highest BCUT2D eigenvalue weighted by Crippen LogP contribution is 2.26. The molecule has 0 spiro atoms. The van der Waals surface area contributed by atoms with Crippen LogP contribution in [0, 0.1) is 0 Å². The molecule has 146 valence electrons. The topological polar surface area (TPSA) is 65.0 Å². The van der Waals surface area contributed by atoms with Gasteiger partial charge in [-0.15, -0.1) is 0 Å². The number of rotatable bonds is 6. The van der Waals surface area contributed by atoms with E-state index in [9.17, 15) is 5.11 Å². The van der Waals surface area contributed by atoms with Crippen molar-refractivity contribution in [2.24, 2.45) is 0 Å². The van der Waals surface area contributed by atoms with Crippen LogP contribution >= 0.6 is 0 Å². The minimum atomic E-state index is 0.221. The van der Waals surface area contributed by atoms with Gasteiger partial charge in [0.25, 0.3) is 0 Å². The number of methoxy groups -OCH3 is 1. The van der Waals surface area contributed by atoms with E-state index >= 15 is 0 Å². The molecule has 0 radical (unpaired) electrons. The van der Waals surface area contributed by atoms with Gasteiger partial charge in [-0.3, -0.25) is 4.90 Å². The third-order valence-electron chi connectivity index (χ3n) is 5.80. The summed E-state index contributed by atoms with van der Waals surface area (Å²) in [5.41, 5.74) is 0. The standard InChI is InChI=1S/C19H33N5O2/c1-15(2)22-9-5-16(6-10-22)24-12-11-23(14-17(24)7-13-25)19-20-8-4-18(21-19)26-3/h4,8,15-17,25H,5-7,9-14H2,1-3H3. The Morgan fingerprint density at radius 2 is 2.00 bits per heavy atom. The molecule has 2 fully saturated rings. The molecule has 1 atom stereocenters. The van der Waals surface area contributed by atoms with Crippen molar-refractivity contribution >= 4 is 5.95 Å². The van der Waals surface area contributed by atoms with Gasteiger partial charge in [0.15, 0.2) is 0 Å². The molecular weight excluding hydrogens is 330 g/mol. The van der Waals surface area contributed by atoms with Crippen LogP contribution in [-0.4, -0.2) is 89.4 Å². The molecule has 2 aliphatic heterocycles. The molecular formula is C19H33N5O2. The normalized spacial score (nSPS) is 23.6. The Kier molecular flexibility index (Phi) is 6.67. The average Bonchev–Trinajstić information content (AvgIpc) is 2.68. The van der Waals surface area contributed by atoms with E-state index in [1.165, 1.54) is 25.9 Å². The Balaban J connectivity index is 1.64. The maximum atomic E-state index is 9.58.